The van der Waals surface area contributed by atoms with Gasteiger partial charge in [0.15, 0.2) is 0 Å². The highest BCUT2D eigenvalue weighted by molar-refractivity contribution is 5.95. The van der Waals surface area contributed by atoms with Gasteiger partial charge in [0.1, 0.15) is 5.82 Å². The molecule has 1 N–H and O–H groups in total. The average Bonchev–Trinajstić information content (AvgIpc) is 3.13. The number of amides is 1. The van der Waals surface area contributed by atoms with Gasteiger partial charge in [0.2, 0.25) is 0 Å². The van der Waals surface area contributed by atoms with Crippen LogP contribution in [0.4, 0.5) is 11.5 Å². The molecule has 2 aromatic rings. The zero-order valence-electron chi connectivity index (χ0n) is 14.8. The predicted octanol–water partition coefficient (Wildman–Crippen LogP) is 1.53. The Bertz CT molecular complexity index is 787. The zero-order chi connectivity index (χ0) is 17.9. The maximum atomic E-state index is 12.9. The first-order valence-electron chi connectivity index (χ1n) is 9.20. The molecule has 6 nitrogen and oxygen atoms in total. The molecule has 0 atom stereocenters. The van der Waals surface area contributed by atoms with Crippen LogP contribution >= 0.6 is 0 Å². The minimum absolute atomic E-state index is 0.0600. The molecule has 0 saturated carbocycles. The van der Waals surface area contributed by atoms with Crippen LogP contribution in [0.25, 0.3) is 0 Å². The number of hydrogen-bond acceptors (Lipinski definition) is 5. The SMILES string of the molecule is O=C(c1ccnc(N2CCc3ccccc32)c1)N1CCN(CCO)CC1. The minimum Gasteiger partial charge on any atom is -0.395 e. The van der Waals surface area contributed by atoms with Crippen LogP contribution < -0.4 is 4.90 Å². The Hall–Kier alpha value is -2.44. The lowest BCUT2D eigenvalue weighted by Gasteiger charge is -2.34. The maximum absolute atomic E-state index is 12.9. The van der Waals surface area contributed by atoms with Crippen LogP contribution in [-0.2, 0) is 6.42 Å². The summed E-state index contributed by atoms with van der Waals surface area (Å²) in [7, 11) is 0. The summed E-state index contributed by atoms with van der Waals surface area (Å²) in [4.78, 5) is 23.7. The fourth-order valence-electron chi connectivity index (χ4n) is 3.77. The molecule has 0 bridgehead atoms. The third-order valence-electron chi connectivity index (χ3n) is 5.23. The van der Waals surface area contributed by atoms with Crippen molar-refractivity contribution in [2.45, 2.75) is 6.42 Å². The summed E-state index contributed by atoms with van der Waals surface area (Å²) in [5.74, 6) is 0.893. The van der Waals surface area contributed by atoms with Crippen LogP contribution in [0.5, 0.6) is 0 Å². The number of β-amino-alcohol motifs (C(OH)–C–C–N with tert-alkyl or cyclic N) is 1. The van der Waals surface area contributed by atoms with Crippen molar-refractivity contribution in [2.24, 2.45) is 0 Å². The first-order chi connectivity index (χ1) is 12.8. The summed E-state index contributed by atoms with van der Waals surface area (Å²) < 4.78 is 0. The first kappa shape index (κ1) is 17.0. The number of benzene rings is 1. The number of rotatable bonds is 4. The van der Waals surface area contributed by atoms with Crippen molar-refractivity contribution >= 4 is 17.4 Å². The van der Waals surface area contributed by atoms with E-state index in [0.717, 1.165) is 31.9 Å². The number of fused-ring (bicyclic) bond motifs is 1. The number of aromatic nitrogens is 1. The van der Waals surface area contributed by atoms with Gasteiger partial charge in [0.05, 0.1) is 6.61 Å². The molecule has 2 aliphatic heterocycles. The van der Waals surface area contributed by atoms with Crippen LogP contribution in [0.2, 0.25) is 0 Å². The number of anilines is 2. The van der Waals surface area contributed by atoms with E-state index in [1.165, 1.54) is 11.3 Å². The molecular weight excluding hydrogens is 328 g/mol. The Morgan fingerprint density at radius 1 is 1.08 bits per heavy atom. The largest absolute Gasteiger partial charge is 0.395 e. The number of hydrogen-bond donors (Lipinski definition) is 1. The van der Waals surface area contributed by atoms with Crippen molar-refractivity contribution in [1.82, 2.24) is 14.8 Å². The second-order valence-corrected chi connectivity index (χ2v) is 6.79. The van der Waals surface area contributed by atoms with Gasteiger partial charge in [-0.2, -0.15) is 0 Å². The van der Waals surface area contributed by atoms with Crippen LogP contribution in [0, 0.1) is 0 Å². The predicted molar refractivity (Wildman–Crippen MR) is 101 cm³/mol. The minimum atomic E-state index is 0.0600. The smallest absolute Gasteiger partial charge is 0.254 e. The monoisotopic (exact) mass is 352 g/mol. The molecule has 0 radical (unpaired) electrons. The summed E-state index contributed by atoms with van der Waals surface area (Å²) in [6.07, 6.45) is 2.73. The van der Waals surface area contributed by atoms with Crippen molar-refractivity contribution < 1.29 is 9.90 Å². The van der Waals surface area contributed by atoms with Gasteiger partial charge in [-0.3, -0.25) is 9.69 Å². The summed E-state index contributed by atoms with van der Waals surface area (Å²) in [5, 5.41) is 9.04. The quantitative estimate of drug-likeness (QED) is 0.904. The molecular formula is C20H24N4O2. The lowest BCUT2D eigenvalue weighted by atomic mass is 10.2. The third-order valence-corrected chi connectivity index (χ3v) is 5.23. The van der Waals surface area contributed by atoms with Gasteiger partial charge in [0.25, 0.3) is 5.91 Å². The molecule has 0 aliphatic carbocycles. The highest BCUT2D eigenvalue weighted by Gasteiger charge is 2.24. The third kappa shape index (κ3) is 3.30. The van der Waals surface area contributed by atoms with E-state index in [4.69, 9.17) is 5.11 Å². The van der Waals surface area contributed by atoms with Gasteiger partial charge in [-0.05, 0) is 30.2 Å². The van der Waals surface area contributed by atoms with Crippen molar-refractivity contribution in [3.8, 4) is 0 Å². The van der Waals surface area contributed by atoms with Crippen molar-refractivity contribution in [1.29, 1.82) is 0 Å². The first-order valence-corrected chi connectivity index (χ1v) is 9.20. The summed E-state index contributed by atoms with van der Waals surface area (Å²) in [6.45, 7) is 4.75. The van der Waals surface area contributed by atoms with Crippen LogP contribution in [-0.4, -0.2) is 71.7 Å². The molecule has 3 heterocycles. The molecule has 1 aromatic heterocycles. The number of piperazine rings is 1. The number of nitrogens with zero attached hydrogens (tertiary/aromatic N) is 4. The molecule has 136 valence electrons. The molecule has 26 heavy (non-hydrogen) atoms. The van der Waals surface area contributed by atoms with Crippen LogP contribution in [0.3, 0.4) is 0 Å². The van der Waals surface area contributed by atoms with E-state index in [9.17, 15) is 4.79 Å². The molecule has 1 saturated heterocycles. The highest BCUT2D eigenvalue weighted by atomic mass is 16.3. The Morgan fingerprint density at radius 2 is 1.88 bits per heavy atom. The second kappa shape index (κ2) is 7.43. The van der Waals surface area contributed by atoms with E-state index in [1.54, 1.807) is 12.3 Å². The Kier molecular flexibility index (Phi) is 4.86. The Balaban J connectivity index is 1.49. The zero-order valence-corrected chi connectivity index (χ0v) is 14.8. The number of carbonyl (C=O) groups excluding carboxylic acids is 1. The fourth-order valence-corrected chi connectivity index (χ4v) is 3.77. The number of aliphatic hydroxyl groups is 1. The maximum Gasteiger partial charge on any atom is 0.254 e. The Labute approximate surface area is 153 Å². The van der Waals surface area contributed by atoms with E-state index >= 15 is 0 Å². The average molecular weight is 352 g/mol. The van der Waals surface area contributed by atoms with E-state index in [0.29, 0.717) is 25.2 Å². The van der Waals surface area contributed by atoms with Gasteiger partial charge < -0.3 is 14.9 Å². The van der Waals surface area contributed by atoms with E-state index in [2.05, 4.69) is 33.0 Å². The number of para-hydroxylation sites is 1. The molecule has 1 fully saturated rings. The van der Waals surface area contributed by atoms with Crippen molar-refractivity contribution in [3.63, 3.8) is 0 Å². The van der Waals surface area contributed by atoms with Gasteiger partial charge in [-0.15, -0.1) is 0 Å². The molecule has 6 heteroatoms. The summed E-state index contributed by atoms with van der Waals surface area (Å²) in [6, 6.07) is 12.1. The van der Waals surface area contributed by atoms with E-state index < -0.39 is 0 Å². The standard InChI is InChI=1S/C20H24N4O2/c25-14-13-22-9-11-23(12-10-22)20(26)17-5-7-21-19(15-17)24-8-6-16-3-1-2-4-18(16)24/h1-5,7,15,25H,6,8-14H2. The Morgan fingerprint density at radius 3 is 2.69 bits per heavy atom. The van der Waals surface area contributed by atoms with Crippen LogP contribution in [0.15, 0.2) is 42.6 Å². The van der Waals surface area contributed by atoms with E-state index in [1.807, 2.05) is 17.0 Å². The van der Waals surface area contributed by atoms with Gasteiger partial charge in [0, 0.05) is 56.7 Å². The number of carbonyl (C=O) groups is 1. The van der Waals surface area contributed by atoms with E-state index in [-0.39, 0.29) is 12.5 Å². The second-order valence-electron chi connectivity index (χ2n) is 6.79. The fraction of sp³-hybridized carbons (Fsp3) is 0.400. The van der Waals surface area contributed by atoms with Crippen LogP contribution in [0.1, 0.15) is 15.9 Å². The molecule has 1 aromatic carbocycles. The molecule has 0 spiro atoms. The molecule has 2 aliphatic rings. The summed E-state index contributed by atoms with van der Waals surface area (Å²) in [5.41, 5.74) is 3.20. The van der Waals surface area contributed by atoms with Gasteiger partial charge in [-0.1, -0.05) is 18.2 Å². The van der Waals surface area contributed by atoms with Crippen molar-refractivity contribution in [3.05, 3.63) is 53.7 Å². The normalized spacial score (nSPS) is 17.4. The lowest BCUT2D eigenvalue weighted by molar-refractivity contribution is 0.0615. The van der Waals surface area contributed by atoms with Gasteiger partial charge >= 0.3 is 0 Å². The van der Waals surface area contributed by atoms with Gasteiger partial charge in [-0.25, -0.2) is 4.98 Å². The lowest BCUT2D eigenvalue weighted by Crippen LogP contribution is -2.49. The molecule has 4 rings (SSSR count). The number of pyridine rings is 1. The highest BCUT2D eigenvalue weighted by Crippen LogP contribution is 2.33. The topological polar surface area (TPSA) is 59.9 Å². The summed E-state index contributed by atoms with van der Waals surface area (Å²) >= 11 is 0. The van der Waals surface area contributed by atoms with Crippen molar-refractivity contribution in [2.75, 3.05) is 50.8 Å². The molecule has 1 amide bonds. The number of aliphatic hydroxyl groups excluding tert-OH is 1. The molecule has 0 unspecified atom stereocenters.